The lowest BCUT2D eigenvalue weighted by atomic mass is 9.91. The number of carbonyl (C=O) groups excluding carboxylic acids is 3. The molecule has 4 N–H and O–H groups in total. The molecule has 0 radical (unpaired) electrons. The fourth-order valence-corrected chi connectivity index (χ4v) is 6.61. The van der Waals surface area contributed by atoms with Crippen molar-refractivity contribution in [1.82, 2.24) is 20.2 Å². The number of ether oxygens (including phenoxy) is 1. The van der Waals surface area contributed by atoms with E-state index in [0.717, 1.165) is 42.9 Å². The van der Waals surface area contributed by atoms with Crippen LogP contribution in [0.3, 0.4) is 0 Å². The number of hydrogen-bond donors (Lipinski definition) is 4. The molecule has 0 aromatic carbocycles. The van der Waals surface area contributed by atoms with Crippen molar-refractivity contribution in [3.05, 3.63) is 49.1 Å². The van der Waals surface area contributed by atoms with Crippen LogP contribution in [0.5, 0.6) is 0 Å². The molecule has 11 nitrogen and oxygen atoms in total. The van der Waals surface area contributed by atoms with E-state index in [4.69, 9.17) is 5.11 Å². The van der Waals surface area contributed by atoms with E-state index in [1.165, 1.54) is 6.20 Å². The molecule has 2 aliphatic heterocycles. The Morgan fingerprint density at radius 2 is 1.12 bits per heavy atom. The predicted octanol–water partition coefficient (Wildman–Crippen LogP) is 6.63. The summed E-state index contributed by atoms with van der Waals surface area (Å²) in [6.07, 6.45) is -22.0. The van der Waals surface area contributed by atoms with E-state index in [0.29, 0.717) is 17.5 Å². The minimum absolute atomic E-state index is 0.0854. The average Bonchev–Trinajstić information content (AvgIpc) is 4.01. The van der Waals surface area contributed by atoms with E-state index in [1.54, 1.807) is 30.7 Å². The third-order valence-corrected chi connectivity index (χ3v) is 9.92. The number of nitrogens with one attached hydrogen (secondary N) is 3. The van der Waals surface area contributed by atoms with Gasteiger partial charge in [-0.1, -0.05) is 0 Å². The van der Waals surface area contributed by atoms with Crippen LogP contribution in [0.15, 0.2) is 49.1 Å². The molecule has 2 saturated carbocycles. The maximum Gasteiger partial charge on any atom is 0.434 e. The SMILES string of the molecule is O=C(Nc1cccnc1)C1CC12CCN(C(=O)OC(C(F)(F)F)C(F)(F)F)CC2.O=C(Nc1cccnc1)C1CC12CCNCC2.OC(C(F)(F)F)C(F)(F)F. The highest BCUT2D eigenvalue weighted by molar-refractivity contribution is 5.95. The van der Waals surface area contributed by atoms with Crippen molar-refractivity contribution in [1.29, 1.82) is 0 Å². The maximum atomic E-state index is 12.5. The maximum absolute atomic E-state index is 12.5. The number of piperidine rings is 2. The van der Waals surface area contributed by atoms with Crippen molar-refractivity contribution >= 4 is 29.3 Å². The minimum Gasteiger partial charge on any atom is -0.426 e. The topological polar surface area (TPSA) is 146 Å². The summed E-state index contributed by atoms with van der Waals surface area (Å²) in [5.41, 5.74) is 1.22. The van der Waals surface area contributed by atoms with Gasteiger partial charge in [-0.3, -0.25) is 19.6 Å². The summed E-state index contributed by atoms with van der Waals surface area (Å²) in [7, 11) is 0. The molecular weight excluding hydrogens is 788 g/mol. The number of likely N-dealkylation sites (tertiary alicyclic amines) is 1. The second-order valence-corrected chi connectivity index (χ2v) is 13.8. The van der Waals surface area contributed by atoms with Crippen molar-refractivity contribution in [2.75, 3.05) is 36.8 Å². The Morgan fingerprint density at radius 3 is 1.46 bits per heavy atom. The fourth-order valence-electron chi connectivity index (χ4n) is 6.61. The molecule has 2 aromatic rings. The van der Waals surface area contributed by atoms with Gasteiger partial charge >= 0.3 is 30.8 Å². The average molecular weight is 825 g/mol. The highest BCUT2D eigenvalue weighted by Crippen LogP contribution is 2.60. The number of amides is 3. The van der Waals surface area contributed by atoms with Crippen molar-refractivity contribution < 1.29 is 76.9 Å². The van der Waals surface area contributed by atoms with E-state index in [1.807, 2.05) is 12.1 Å². The molecule has 2 unspecified atom stereocenters. The molecule has 2 aromatic heterocycles. The largest absolute Gasteiger partial charge is 0.434 e. The lowest BCUT2D eigenvalue weighted by Crippen LogP contribution is -2.49. The zero-order chi connectivity index (χ0) is 41.7. The van der Waals surface area contributed by atoms with Gasteiger partial charge in [0.25, 0.3) is 6.10 Å². The standard InChI is InChI=1S/C17H17F6N3O3.C13H17N3O.C3H2F6O/c18-16(19,20)13(17(21,22)23)29-14(28)26-6-3-15(4-7-26)8-11(15)12(27)25-10-2-1-5-24-9-10;17-12(16-10-2-1-5-15-9-10)11-8-13(11)3-6-14-7-4-13;4-2(5,6)1(10)3(7,8)9/h1-2,5,9,11,13H,3-4,6-8H2,(H,25,27);1-2,5,9,11,14H,3-4,6-8H2,(H,16,17);1,10H. The lowest BCUT2D eigenvalue weighted by molar-refractivity contribution is -0.309. The van der Waals surface area contributed by atoms with Crippen LogP contribution >= 0.6 is 0 Å². The summed E-state index contributed by atoms with van der Waals surface area (Å²) < 4.78 is 145. The summed E-state index contributed by atoms with van der Waals surface area (Å²) in [6.45, 7) is 1.93. The number of carbonyl (C=O) groups is 3. The Kier molecular flexibility index (Phi) is 13.4. The van der Waals surface area contributed by atoms with Gasteiger partial charge in [-0.15, -0.1) is 0 Å². The summed E-state index contributed by atoms with van der Waals surface area (Å²) >= 11 is 0. The number of aliphatic hydroxyl groups excluding tert-OH is 1. The molecule has 23 heteroatoms. The number of aromatic nitrogens is 2. The molecule has 4 aliphatic rings. The van der Waals surface area contributed by atoms with Crippen LogP contribution in [-0.4, -0.2) is 101 Å². The van der Waals surface area contributed by atoms with Crippen LogP contribution in [0.2, 0.25) is 0 Å². The second kappa shape index (κ2) is 17.0. The van der Waals surface area contributed by atoms with Crippen LogP contribution < -0.4 is 16.0 Å². The Morgan fingerprint density at radius 1 is 0.714 bits per heavy atom. The first-order valence-corrected chi connectivity index (χ1v) is 16.9. The Bertz CT molecular complexity index is 1600. The Hall–Kier alpha value is -4.41. The molecule has 4 fully saturated rings. The van der Waals surface area contributed by atoms with Crippen LogP contribution in [0.25, 0.3) is 0 Å². The van der Waals surface area contributed by atoms with Gasteiger partial charge in [0.1, 0.15) is 0 Å². The smallest absolute Gasteiger partial charge is 0.426 e. The van der Waals surface area contributed by atoms with Crippen molar-refractivity contribution in [3.8, 4) is 0 Å². The third-order valence-electron chi connectivity index (χ3n) is 9.92. The highest BCUT2D eigenvalue weighted by Gasteiger charge is 2.62. The van der Waals surface area contributed by atoms with Crippen molar-refractivity contribution in [2.24, 2.45) is 22.7 Å². The van der Waals surface area contributed by atoms with E-state index >= 15 is 0 Å². The van der Waals surface area contributed by atoms with E-state index < -0.39 is 48.4 Å². The first-order chi connectivity index (χ1) is 25.9. The predicted molar refractivity (Wildman–Crippen MR) is 170 cm³/mol. The van der Waals surface area contributed by atoms with E-state index in [2.05, 4.69) is 30.7 Å². The normalized spacial score (nSPS) is 21.3. The number of nitrogens with zero attached hydrogens (tertiary/aromatic N) is 3. The first-order valence-electron chi connectivity index (χ1n) is 16.9. The summed E-state index contributed by atoms with van der Waals surface area (Å²) in [5.74, 6) is -0.188. The number of hydrogen-bond acceptors (Lipinski definition) is 8. The molecule has 3 amide bonds. The number of halogens is 12. The molecule has 6 rings (SSSR count). The quantitative estimate of drug-likeness (QED) is 0.246. The summed E-state index contributed by atoms with van der Waals surface area (Å²) in [6, 6.07) is 7.03. The van der Waals surface area contributed by atoms with E-state index in [9.17, 15) is 67.1 Å². The van der Waals surface area contributed by atoms with Gasteiger partial charge in [-0.05, 0) is 86.7 Å². The zero-order valence-corrected chi connectivity index (χ0v) is 29.0. The summed E-state index contributed by atoms with van der Waals surface area (Å²) in [5, 5.41) is 16.5. The molecule has 2 spiro atoms. The monoisotopic (exact) mass is 824 g/mol. The Balaban J connectivity index is 0.000000216. The number of aliphatic hydroxyl groups is 1. The highest BCUT2D eigenvalue weighted by atomic mass is 19.4. The molecule has 56 heavy (non-hydrogen) atoms. The van der Waals surface area contributed by atoms with Gasteiger partial charge < -0.3 is 30.7 Å². The van der Waals surface area contributed by atoms with Crippen molar-refractivity contribution in [2.45, 2.75) is 75.4 Å². The molecular formula is C33H36F12N6O5. The molecule has 0 bridgehead atoms. The van der Waals surface area contributed by atoms with Gasteiger partial charge in [0.15, 0.2) is 0 Å². The second-order valence-electron chi connectivity index (χ2n) is 13.8. The van der Waals surface area contributed by atoms with Gasteiger partial charge in [-0.2, -0.15) is 52.7 Å². The molecule has 4 heterocycles. The van der Waals surface area contributed by atoms with Gasteiger partial charge in [0, 0.05) is 37.3 Å². The van der Waals surface area contributed by atoms with Crippen molar-refractivity contribution in [3.63, 3.8) is 0 Å². The number of rotatable bonds is 5. The van der Waals surface area contributed by atoms with Gasteiger partial charge in [-0.25, -0.2) is 4.79 Å². The summed E-state index contributed by atoms with van der Waals surface area (Å²) in [4.78, 5) is 44.9. The molecule has 312 valence electrons. The first kappa shape index (κ1) is 44.3. The molecule has 2 saturated heterocycles. The Labute approximate surface area is 310 Å². The lowest BCUT2D eigenvalue weighted by Gasteiger charge is -2.33. The number of pyridine rings is 2. The van der Waals surface area contributed by atoms with Gasteiger partial charge in [0.05, 0.1) is 23.8 Å². The number of anilines is 2. The van der Waals surface area contributed by atoms with Gasteiger partial charge in [0.2, 0.25) is 17.9 Å². The van der Waals surface area contributed by atoms with E-state index in [-0.39, 0.29) is 49.6 Å². The van der Waals surface area contributed by atoms with Crippen LogP contribution in [0.4, 0.5) is 68.9 Å². The van der Waals surface area contributed by atoms with Crippen LogP contribution in [-0.2, 0) is 14.3 Å². The minimum atomic E-state index is -5.75. The zero-order valence-electron chi connectivity index (χ0n) is 29.0. The molecule has 2 aliphatic carbocycles. The fraction of sp³-hybridized carbons (Fsp3) is 0.606. The molecule has 2 atom stereocenters. The third kappa shape index (κ3) is 11.8. The van der Waals surface area contributed by atoms with Crippen LogP contribution in [0.1, 0.15) is 38.5 Å². The number of alkyl halides is 12. The van der Waals surface area contributed by atoms with Crippen LogP contribution in [0, 0.1) is 22.7 Å².